The maximum Gasteiger partial charge on any atom is 0.276 e. The number of benzene rings is 1. The first-order chi connectivity index (χ1) is 13.6. The van der Waals surface area contributed by atoms with Gasteiger partial charge in [0, 0.05) is 35.4 Å². The van der Waals surface area contributed by atoms with E-state index in [2.05, 4.69) is 20.2 Å². The van der Waals surface area contributed by atoms with Crippen LogP contribution in [0.5, 0.6) is 5.75 Å². The lowest BCUT2D eigenvalue weighted by Crippen LogP contribution is -2.19. The summed E-state index contributed by atoms with van der Waals surface area (Å²) in [5, 5.41) is 3.46. The highest BCUT2D eigenvalue weighted by Crippen LogP contribution is 2.31. The summed E-state index contributed by atoms with van der Waals surface area (Å²) in [5.74, 6) is 0.560. The Morgan fingerprint density at radius 1 is 1.18 bits per heavy atom. The highest BCUT2D eigenvalue weighted by molar-refractivity contribution is 7.16. The molecule has 1 fully saturated rings. The zero-order valence-corrected chi connectivity index (χ0v) is 16.8. The Hall–Kier alpha value is -2.93. The fourth-order valence-electron chi connectivity index (χ4n) is 3.34. The fraction of sp³-hybridized carbons (Fsp3) is 0.286. The number of pyridine rings is 1. The minimum atomic E-state index is -0.240. The molecule has 1 N–H and O–H groups in total. The van der Waals surface area contributed by atoms with Gasteiger partial charge in [-0.3, -0.25) is 15.1 Å². The summed E-state index contributed by atoms with van der Waals surface area (Å²) in [4.78, 5) is 24.9. The average molecular weight is 395 g/mol. The molecule has 0 radical (unpaired) electrons. The topological polar surface area (TPSA) is 67.3 Å². The number of methoxy groups -OCH3 is 1. The third-order valence-corrected chi connectivity index (χ3v) is 5.71. The molecule has 1 amide bonds. The number of nitrogens with one attached hydrogen (secondary N) is 1. The molecule has 0 spiro atoms. The van der Waals surface area contributed by atoms with Gasteiger partial charge in [0.25, 0.3) is 5.91 Å². The highest BCUT2D eigenvalue weighted by atomic mass is 32.1. The van der Waals surface area contributed by atoms with Crippen molar-refractivity contribution in [3.8, 4) is 17.0 Å². The van der Waals surface area contributed by atoms with Gasteiger partial charge in [0.15, 0.2) is 5.13 Å². The number of ether oxygens (including phenoxy) is 1. The van der Waals surface area contributed by atoms with Crippen LogP contribution in [0.15, 0.2) is 42.6 Å². The molecule has 4 rings (SSSR count). The molecular weight excluding hydrogens is 372 g/mol. The number of hydrogen-bond donors (Lipinski definition) is 1. The van der Waals surface area contributed by atoms with E-state index in [9.17, 15) is 4.79 Å². The number of aromatic nitrogens is 2. The van der Waals surface area contributed by atoms with Crippen LogP contribution in [-0.2, 0) is 0 Å². The van der Waals surface area contributed by atoms with Gasteiger partial charge in [-0.15, -0.1) is 11.3 Å². The first-order valence-corrected chi connectivity index (χ1v) is 10.1. The van der Waals surface area contributed by atoms with E-state index in [1.807, 2.05) is 43.3 Å². The molecule has 0 saturated carbocycles. The quantitative estimate of drug-likeness (QED) is 0.696. The molecule has 0 atom stereocenters. The monoisotopic (exact) mass is 394 g/mol. The summed E-state index contributed by atoms with van der Waals surface area (Å²) in [7, 11) is 1.64. The van der Waals surface area contributed by atoms with E-state index in [1.165, 1.54) is 24.2 Å². The maximum atomic E-state index is 12.7. The number of aryl methyl sites for hydroxylation is 1. The van der Waals surface area contributed by atoms with Crippen molar-refractivity contribution in [2.45, 2.75) is 19.8 Å². The molecule has 6 nitrogen and oxygen atoms in total. The lowest BCUT2D eigenvalue weighted by atomic mass is 10.1. The second-order valence-electron chi connectivity index (χ2n) is 6.70. The summed E-state index contributed by atoms with van der Waals surface area (Å²) in [6, 6.07) is 11.5. The Bertz CT molecular complexity index is 978. The molecule has 7 heteroatoms. The van der Waals surface area contributed by atoms with Crippen LogP contribution in [0.25, 0.3) is 11.3 Å². The number of hydrogen-bond acceptors (Lipinski definition) is 6. The fourth-order valence-corrected chi connectivity index (χ4v) is 4.17. The molecule has 1 saturated heterocycles. The Morgan fingerprint density at radius 3 is 2.64 bits per heavy atom. The summed E-state index contributed by atoms with van der Waals surface area (Å²) < 4.78 is 5.20. The van der Waals surface area contributed by atoms with Gasteiger partial charge in [-0.25, -0.2) is 4.98 Å². The van der Waals surface area contributed by atoms with Crippen molar-refractivity contribution in [1.82, 2.24) is 9.97 Å². The third-order valence-electron chi connectivity index (χ3n) is 4.83. The summed E-state index contributed by atoms with van der Waals surface area (Å²) in [6.07, 6.45) is 4.07. The van der Waals surface area contributed by atoms with E-state index in [0.717, 1.165) is 40.7 Å². The molecule has 28 heavy (non-hydrogen) atoms. The number of thiazole rings is 1. The Morgan fingerprint density at radius 2 is 1.93 bits per heavy atom. The van der Waals surface area contributed by atoms with E-state index < -0.39 is 0 Å². The number of carbonyl (C=O) groups is 1. The predicted molar refractivity (Wildman–Crippen MR) is 112 cm³/mol. The molecule has 2 aromatic heterocycles. The van der Waals surface area contributed by atoms with Crippen molar-refractivity contribution in [2.75, 3.05) is 30.4 Å². The SMILES string of the molecule is COc1ccc(-c2nc(NC(=O)c3cc(N4CCCC4)ccn3)sc2C)cc1. The minimum absolute atomic E-state index is 0.240. The molecule has 1 aliphatic heterocycles. The minimum Gasteiger partial charge on any atom is -0.497 e. The zero-order valence-electron chi connectivity index (χ0n) is 15.9. The van der Waals surface area contributed by atoms with E-state index in [1.54, 1.807) is 13.3 Å². The van der Waals surface area contributed by atoms with E-state index in [0.29, 0.717) is 10.8 Å². The highest BCUT2D eigenvalue weighted by Gasteiger charge is 2.17. The second kappa shape index (κ2) is 7.98. The number of rotatable bonds is 5. The normalized spacial score (nSPS) is 13.6. The van der Waals surface area contributed by atoms with Crippen LogP contribution in [0, 0.1) is 6.92 Å². The first-order valence-electron chi connectivity index (χ1n) is 9.28. The molecule has 0 aliphatic carbocycles. The van der Waals surface area contributed by atoms with Crippen molar-refractivity contribution in [3.63, 3.8) is 0 Å². The number of amides is 1. The zero-order chi connectivity index (χ0) is 19.5. The molecular formula is C21H22N4O2S. The summed E-state index contributed by atoms with van der Waals surface area (Å²) in [6.45, 7) is 4.06. The number of nitrogens with zero attached hydrogens (tertiary/aromatic N) is 3. The number of anilines is 2. The maximum absolute atomic E-state index is 12.7. The average Bonchev–Trinajstić information content (AvgIpc) is 3.38. The van der Waals surface area contributed by atoms with Crippen molar-refractivity contribution in [3.05, 3.63) is 53.2 Å². The van der Waals surface area contributed by atoms with Crippen LogP contribution in [0.4, 0.5) is 10.8 Å². The van der Waals surface area contributed by atoms with E-state index >= 15 is 0 Å². The molecule has 3 heterocycles. The molecule has 1 aromatic carbocycles. The Balaban J connectivity index is 1.51. The standard InChI is InChI=1S/C21H22N4O2S/c1-14-19(15-5-7-17(27-2)8-6-15)23-21(28-14)24-20(26)18-13-16(9-10-22-18)25-11-3-4-12-25/h5-10,13H,3-4,11-12H2,1-2H3,(H,23,24,26). The van der Waals surface area contributed by atoms with Crippen LogP contribution < -0.4 is 15.0 Å². The predicted octanol–water partition coefficient (Wildman–Crippen LogP) is 4.37. The Kier molecular flexibility index (Phi) is 5.25. The van der Waals surface area contributed by atoms with Gasteiger partial charge in [-0.1, -0.05) is 0 Å². The van der Waals surface area contributed by atoms with Gasteiger partial charge >= 0.3 is 0 Å². The summed E-state index contributed by atoms with van der Waals surface area (Å²) >= 11 is 1.46. The van der Waals surface area contributed by atoms with Crippen LogP contribution in [0.3, 0.4) is 0 Å². The molecule has 0 bridgehead atoms. The summed E-state index contributed by atoms with van der Waals surface area (Å²) in [5.41, 5.74) is 3.31. The van der Waals surface area contributed by atoms with Gasteiger partial charge < -0.3 is 9.64 Å². The van der Waals surface area contributed by atoms with Crippen LogP contribution >= 0.6 is 11.3 Å². The third kappa shape index (κ3) is 3.84. The molecule has 1 aliphatic rings. The number of carbonyl (C=O) groups excluding carboxylic acids is 1. The van der Waals surface area contributed by atoms with Crippen molar-refractivity contribution in [2.24, 2.45) is 0 Å². The van der Waals surface area contributed by atoms with Crippen LogP contribution in [-0.4, -0.2) is 36.1 Å². The van der Waals surface area contributed by atoms with Crippen LogP contribution in [0.2, 0.25) is 0 Å². The van der Waals surface area contributed by atoms with Gasteiger partial charge in [0.05, 0.1) is 12.8 Å². The van der Waals surface area contributed by atoms with Gasteiger partial charge in [-0.05, 0) is 56.2 Å². The first kappa shape index (κ1) is 18.4. The van der Waals surface area contributed by atoms with E-state index in [4.69, 9.17) is 4.74 Å². The lowest BCUT2D eigenvalue weighted by Gasteiger charge is -2.17. The van der Waals surface area contributed by atoms with Crippen LogP contribution in [0.1, 0.15) is 28.2 Å². The lowest BCUT2D eigenvalue weighted by molar-refractivity contribution is 0.102. The Labute approximate surface area is 168 Å². The molecule has 144 valence electrons. The van der Waals surface area contributed by atoms with Gasteiger partial charge in [0.1, 0.15) is 11.4 Å². The molecule has 0 unspecified atom stereocenters. The van der Waals surface area contributed by atoms with E-state index in [-0.39, 0.29) is 5.91 Å². The molecule has 3 aromatic rings. The smallest absolute Gasteiger partial charge is 0.276 e. The van der Waals surface area contributed by atoms with Crippen molar-refractivity contribution >= 4 is 28.1 Å². The van der Waals surface area contributed by atoms with Crippen molar-refractivity contribution < 1.29 is 9.53 Å². The van der Waals surface area contributed by atoms with Gasteiger partial charge in [-0.2, -0.15) is 0 Å². The second-order valence-corrected chi connectivity index (χ2v) is 7.90. The largest absolute Gasteiger partial charge is 0.497 e. The van der Waals surface area contributed by atoms with Crippen molar-refractivity contribution in [1.29, 1.82) is 0 Å². The van der Waals surface area contributed by atoms with Gasteiger partial charge in [0.2, 0.25) is 0 Å².